The second kappa shape index (κ2) is 16.1. The summed E-state index contributed by atoms with van der Waals surface area (Å²) in [6.45, 7) is 10.9. The molecular formula is C43H53N5O8S. The largest absolute Gasteiger partial charge is 0.497 e. The van der Waals surface area contributed by atoms with E-state index < -0.39 is 63.7 Å². The maximum absolute atomic E-state index is 14.9. The monoisotopic (exact) mass is 799 g/mol. The molecule has 13 nitrogen and oxygen atoms in total. The molecule has 2 aliphatic heterocycles. The summed E-state index contributed by atoms with van der Waals surface area (Å²) in [7, 11) is -1.64. The molecule has 1 aromatic heterocycles. The van der Waals surface area contributed by atoms with E-state index in [0.29, 0.717) is 54.0 Å². The average molecular weight is 800 g/mol. The van der Waals surface area contributed by atoms with E-state index in [0.717, 1.165) is 29.1 Å². The Hall–Kier alpha value is -4.98. The Labute approximate surface area is 335 Å². The molecule has 14 heteroatoms. The highest BCUT2D eigenvalue weighted by Crippen LogP contribution is 2.48. The number of fused-ring (bicyclic) bond motifs is 1. The fourth-order valence-electron chi connectivity index (χ4n) is 8.34. The first-order chi connectivity index (χ1) is 27.2. The van der Waals surface area contributed by atoms with Crippen molar-refractivity contribution in [2.75, 3.05) is 26.7 Å². The van der Waals surface area contributed by atoms with Crippen LogP contribution in [0.15, 0.2) is 67.3 Å². The maximum atomic E-state index is 14.9. The van der Waals surface area contributed by atoms with E-state index in [-0.39, 0.29) is 37.6 Å². The van der Waals surface area contributed by atoms with Gasteiger partial charge in [0.15, 0.2) is 0 Å². The summed E-state index contributed by atoms with van der Waals surface area (Å²) in [5, 5.41) is 3.64. The number of nitrogens with zero attached hydrogens (tertiary/aromatic N) is 4. The van der Waals surface area contributed by atoms with Crippen molar-refractivity contribution in [2.45, 2.75) is 95.9 Å². The van der Waals surface area contributed by atoms with Gasteiger partial charge in [0, 0.05) is 61.0 Å². The van der Waals surface area contributed by atoms with Gasteiger partial charge in [-0.05, 0) is 56.1 Å². The molecule has 4 amide bonds. The minimum Gasteiger partial charge on any atom is -0.497 e. The molecule has 4 fully saturated rings. The lowest BCUT2D eigenvalue weighted by atomic mass is 9.77. The highest BCUT2D eigenvalue weighted by atomic mass is 32.2. The Morgan fingerprint density at radius 2 is 1.77 bits per heavy atom. The third-order valence-electron chi connectivity index (χ3n) is 11.9. The number of ether oxygens (including phenoxy) is 2. The van der Waals surface area contributed by atoms with Crippen molar-refractivity contribution in [3.8, 4) is 22.8 Å². The van der Waals surface area contributed by atoms with E-state index in [9.17, 15) is 27.6 Å². The number of hydrogen-bond acceptors (Lipinski definition) is 9. The number of carbonyl (C=O) groups is 4. The van der Waals surface area contributed by atoms with Gasteiger partial charge in [-0.2, -0.15) is 0 Å². The van der Waals surface area contributed by atoms with Crippen LogP contribution in [-0.2, 0) is 30.1 Å². The van der Waals surface area contributed by atoms with E-state index >= 15 is 0 Å². The van der Waals surface area contributed by atoms with Gasteiger partial charge in [0.1, 0.15) is 29.2 Å². The lowest BCUT2D eigenvalue weighted by Gasteiger charge is -2.36. The zero-order valence-electron chi connectivity index (χ0n) is 33.1. The van der Waals surface area contributed by atoms with Crippen LogP contribution >= 0.6 is 0 Å². The zero-order valence-corrected chi connectivity index (χ0v) is 34.0. The molecule has 1 unspecified atom stereocenters. The van der Waals surface area contributed by atoms with Crippen molar-refractivity contribution in [2.24, 2.45) is 17.3 Å². The van der Waals surface area contributed by atoms with Gasteiger partial charge in [0.2, 0.25) is 28.6 Å². The number of likely N-dealkylation sites (tertiary alicyclic amines) is 2. The Balaban J connectivity index is 1.23. The molecule has 57 heavy (non-hydrogen) atoms. The van der Waals surface area contributed by atoms with E-state index in [1.807, 2.05) is 80.3 Å². The number of thiol groups is 1. The fraction of sp³-hybridized carbons (Fsp3) is 0.512. The Bertz CT molecular complexity index is 2120. The number of piperidine rings is 1. The van der Waals surface area contributed by atoms with Gasteiger partial charge < -0.3 is 24.6 Å². The molecule has 3 heterocycles. The number of benzene rings is 2. The summed E-state index contributed by atoms with van der Waals surface area (Å²) in [5.74, 6) is -1.83. The molecule has 0 radical (unpaired) electrons. The first-order valence-corrected chi connectivity index (χ1v) is 21.1. The van der Waals surface area contributed by atoms with E-state index in [1.54, 1.807) is 13.2 Å². The Morgan fingerprint density at radius 1 is 1.05 bits per heavy atom. The number of hydrogen-bond donors (Lipinski definition) is 2. The first kappa shape index (κ1) is 40.2. The molecule has 7 rings (SSSR count). The summed E-state index contributed by atoms with van der Waals surface area (Å²) in [5.41, 5.74) is 0.0337. The fourth-order valence-corrected chi connectivity index (χ4v) is 9.16. The van der Waals surface area contributed by atoms with E-state index in [2.05, 4.69) is 11.9 Å². The average Bonchev–Trinajstić information content (AvgIpc) is 4.12. The molecule has 0 spiro atoms. The van der Waals surface area contributed by atoms with Gasteiger partial charge in [-0.1, -0.05) is 57.2 Å². The lowest BCUT2D eigenvalue weighted by molar-refractivity contribution is -0.149. The summed E-state index contributed by atoms with van der Waals surface area (Å²) < 4.78 is 37.7. The lowest BCUT2D eigenvalue weighted by Crippen LogP contribution is -2.57. The highest BCUT2D eigenvalue weighted by molar-refractivity contribution is 7.70. The third-order valence-corrected chi connectivity index (χ3v) is 12.8. The van der Waals surface area contributed by atoms with Crippen LogP contribution < -0.4 is 14.8 Å². The summed E-state index contributed by atoms with van der Waals surface area (Å²) in [6.07, 6.45) is 5.18. The van der Waals surface area contributed by atoms with Gasteiger partial charge >= 0.3 is 0 Å². The van der Waals surface area contributed by atoms with Crippen LogP contribution in [-0.4, -0.2) is 102 Å². The number of rotatable bonds is 13. The van der Waals surface area contributed by atoms with Crippen molar-refractivity contribution in [1.29, 1.82) is 0 Å². The van der Waals surface area contributed by atoms with Crippen LogP contribution in [0.4, 0.5) is 0 Å². The molecule has 304 valence electrons. The van der Waals surface area contributed by atoms with E-state index in [1.165, 1.54) is 4.90 Å². The smallest absolute Gasteiger partial charge is 0.262 e. The number of pyridine rings is 1. The molecule has 2 aliphatic carbocycles. The van der Waals surface area contributed by atoms with Gasteiger partial charge in [-0.3, -0.25) is 19.2 Å². The molecule has 4 aliphatic rings. The van der Waals surface area contributed by atoms with Gasteiger partial charge in [-0.25, -0.2) is 17.7 Å². The molecule has 5 atom stereocenters. The van der Waals surface area contributed by atoms with Crippen LogP contribution in [0.2, 0.25) is 0 Å². The summed E-state index contributed by atoms with van der Waals surface area (Å²) >= 11 is 0. The van der Waals surface area contributed by atoms with Crippen molar-refractivity contribution in [3.05, 3.63) is 67.3 Å². The molecule has 1 N–H and O–H groups in total. The maximum Gasteiger partial charge on any atom is 0.262 e. The second-order valence-electron chi connectivity index (χ2n) is 16.9. The number of aromatic nitrogens is 1. The molecule has 2 saturated carbocycles. The number of carbonyl (C=O) groups excluding carboxylic acids is 4. The SMILES string of the molecule is C=C[C@@H]1CC1(NC(=O)[C@H]1C[C@@H](Oc2cc(-c3ccccc3)nc3cc(OC)ccc23)CN1C(=O)[C@H](CC(=O)N1CCCCC1)C(C)(C)C)C(=O)N(C1CC1)[SH](=O)=O. The molecule has 2 aromatic carbocycles. The topological polar surface area (TPSA) is 156 Å². The first-order valence-electron chi connectivity index (χ1n) is 20.0. The highest BCUT2D eigenvalue weighted by Gasteiger charge is 2.63. The standard InChI is InChI=1S/C43H53N5O8S/c1-6-28-25-43(28,41(52)48(57(53)54)29-15-16-29)45-39(50)36-22-31(26-47(36)40(51)33(42(2,3)4)23-38(49)46-19-11-8-12-20-46)56-37-24-34(27-13-9-7-10-14-27)44-35-21-30(55-5)17-18-32(35)37/h6-7,9-10,13-14,17-18,21,24,28-29,31,33,36,57H,1,8,11-12,15-16,19-20,22-23,25-26H2,2-5H3,(H,45,50)/t28-,31-,33+,36-,43?/m1/s1. The van der Waals surface area contributed by atoms with Gasteiger partial charge in [-0.15, -0.1) is 6.58 Å². The van der Waals surface area contributed by atoms with Crippen LogP contribution in [0.3, 0.4) is 0 Å². The Kier molecular flexibility index (Phi) is 11.4. The third kappa shape index (κ3) is 8.37. The molecule has 2 saturated heterocycles. The van der Waals surface area contributed by atoms with E-state index in [4.69, 9.17) is 14.5 Å². The normalized spacial score (nSPS) is 23.8. The van der Waals surface area contributed by atoms with Crippen molar-refractivity contribution in [1.82, 2.24) is 24.4 Å². The van der Waals surface area contributed by atoms with Gasteiger partial charge in [0.25, 0.3) is 5.91 Å². The van der Waals surface area contributed by atoms with Crippen molar-refractivity contribution in [3.63, 3.8) is 0 Å². The predicted octanol–water partition coefficient (Wildman–Crippen LogP) is 4.90. The zero-order chi connectivity index (χ0) is 40.6. The molecular weight excluding hydrogens is 747 g/mol. The van der Waals surface area contributed by atoms with Crippen LogP contribution in [0.25, 0.3) is 22.2 Å². The van der Waals surface area contributed by atoms with Crippen LogP contribution in [0, 0.1) is 17.3 Å². The molecule has 3 aromatic rings. The minimum absolute atomic E-state index is 0.0101. The molecule has 0 bridgehead atoms. The van der Waals surface area contributed by atoms with Crippen molar-refractivity contribution >= 4 is 45.4 Å². The summed E-state index contributed by atoms with van der Waals surface area (Å²) in [4.78, 5) is 65.3. The predicted molar refractivity (Wildman–Crippen MR) is 216 cm³/mol. The Morgan fingerprint density at radius 3 is 2.39 bits per heavy atom. The van der Waals surface area contributed by atoms with Crippen molar-refractivity contribution < 1.29 is 37.1 Å². The minimum atomic E-state index is -3.23. The number of nitrogens with one attached hydrogen (secondary N) is 1. The summed E-state index contributed by atoms with van der Waals surface area (Å²) in [6, 6.07) is 15.5. The number of amides is 4. The van der Waals surface area contributed by atoms with Gasteiger partial charge in [0.05, 0.1) is 30.8 Å². The van der Waals surface area contributed by atoms with Crippen LogP contribution in [0.1, 0.15) is 72.1 Å². The second-order valence-corrected chi connectivity index (χ2v) is 17.8. The number of methoxy groups -OCH3 is 1. The van der Waals surface area contributed by atoms with Crippen LogP contribution in [0.5, 0.6) is 11.5 Å². The quantitative estimate of drug-likeness (QED) is 0.182.